The molecule has 5 N–H and O–H groups in total. The highest BCUT2D eigenvalue weighted by Crippen LogP contribution is 2.28. The van der Waals surface area contributed by atoms with Crippen LogP contribution < -0.4 is 16.0 Å². The van der Waals surface area contributed by atoms with Crippen LogP contribution in [0.3, 0.4) is 0 Å². The maximum Gasteiger partial charge on any atom is 0.259 e. The predicted octanol–water partition coefficient (Wildman–Crippen LogP) is 0.288. The van der Waals surface area contributed by atoms with Crippen LogP contribution >= 0.6 is 0 Å². The Morgan fingerprint density at radius 1 is 1.25 bits per heavy atom. The quantitative estimate of drug-likeness (QED) is 0.390. The summed E-state index contributed by atoms with van der Waals surface area (Å²) in [6.07, 6.45) is -3.09. The van der Waals surface area contributed by atoms with E-state index in [0.717, 1.165) is 5.56 Å². The normalized spacial score (nSPS) is 19.0. The maximum absolute atomic E-state index is 13.0. The van der Waals surface area contributed by atoms with Crippen molar-refractivity contribution in [1.82, 2.24) is 4.90 Å². The van der Waals surface area contributed by atoms with Crippen LogP contribution in [0.25, 0.3) is 0 Å². The van der Waals surface area contributed by atoms with Gasteiger partial charge >= 0.3 is 0 Å². The number of ether oxygens (including phenoxy) is 1. The van der Waals surface area contributed by atoms with Crippen molar-refractivity contribution >= 4 is 34.9 Å². The van der Waals surface area contributed by atoms with Crippen molar-refractivity contribution in [2.24, 2.45) is 5.73 Å². The highest BCUT2D eigenvalue weighted by molar-refractivity contribution is 6.05. The molecule has 10 heteroatoms. The molecule has 2 heterocycles. The molecule has 166 valence electrons. The number of morpholine rings is 1. The molecule has 10 nitrogen and oxygen atoms in total. The number of nitrogen functional groups attached to an aromatic ring is 1. The molecule has 1 fully saturated rings. The van der Waals surface area contributed by atoms with Gasteiger partial charge in [0.2, 0.25) is 0 Å². The first-order chi connectivity index (χ1) is 15.3. The summed E-state index contributed by atoms with van der Waals surface area (Å²) in [5.41, 5.74) is 8.28. The smallest absolute Gasteiger partial charge is 0.259 e. The zero-order valence-electron chi connectivity index (χ0n) is 17.4. The lowest BCUT2D eigenvalue weighted by Crippen LogP contribution is -2.55. The summed E-state index contributed by atoms with van der Waals surface area (Å²) in [7, 11) is 1.71. The Kier molecular flexibility index (Phi) is 5.64. The van der Waals surface area contributed by atoms with E-state index in [1.807, 2.05) is 0 Å². The first-order valence-corrected chi connectivity index (χ1v) is 10.0. The summed E-state index contributed by atoms with van der Waals surface area (Å²) in [4.78, 5) is 40.7. The third-order valence-electron chi connectivity index (χ3n) is 5.53. The lowest BCUT2D eigenvalue weighted by Gasteiger charge is -2.34. The topological polar surface area (TPSA) is 149 Å². The zero-order valence-corrected chi connectivity index (χ0v) is 17.4. The van der Waals surface area contributed by atoms with E-state index < -0.39 is 24.0 Å². The molecule has 0 radical (unpaired) electrons. The number of fused-ring (bicyclic) bond motifs is 1. The number of carbonyl (C=O) groups is 3. The van der Waals surface area contributed by atoms with E-state index in [-0.39, 0.29) is 24.9 Å². The van der Waals surface area contributed by atoms with Crippen molar-refractivity contribution < 1.29 is 24.2 Å². The summed E-state index contributed by atoms with van der Waals surface area (Å²) < 4.78 is 5.43. The van der Waals surface area contributed by atoms with Gasteiger partial charge in [0.15, 0.2) is 12.2 Å². The van der Waals surface area contributed by atoms with Gasteiger partial charge in [0.25, 0.3) is 17.7 Å². The second-order valence-corrected chi connectivity index (χ2v) is 7.71. The summed E-state index contributed by atoms with van der Waals surface area (Å²) in [6.45, 7) is 0.861. The van der Waals surface area contributed by atoms with Gasteiger partial charge in [0.05, 0.1) is 6.61 Å². The number of nitrogens with zero attached hydrogens (tertiary/aromatic N) is 2. The van der Waals surface area contributed by atoms with Gasteiger partial charge in [-0.15, -0.1) is 0 Å². The minimum absolute atomic E-state index is 0.0684. The van der Waals surface area contributed by atoms with Gasteiger partial charge in [-0.05, 0) is 48.0 Å². The number of benzene rings is 2. The number of carbonyl (C=O) groups excluding carboxylic acids is 3. The van der Waals surface area contributed by atoms with Crippen LogP contribution in [0.15, 0.2) is 42.5 Å². The molecule has 0 aromatic heterocycles. The molecule has 2 atom stereocenters. The van der Waals surface area contributed by atoms with Crippen molar-refractivity contribution in [2.75, 3.05) is 30.4 Å². The molecule has 1 saturated heterocycles. The van der Waals surface area contributed by atoms with Crippen molar-refractivity contribution in [2.45, 2.75) is 18.8 Å². The number of aliphatic hydroxyl groups is 1. The molecule has 0 saturated carbocycles. The van der Waals surface area contributed by atoms with Crippen molar-refractivity contribution in [1.29, 1.82) is 5.41 Å². The fourth-order valence-corrected chi connectivity index (χ4v) is 3.80. The first-order valence-electron chi connectivity index (χ1n) is 10.0. The van der Waals surface area contributed by atoms with E-state index in [1.165, 1.54) is 4.90 Å². The highest BCUT2D eigenvalue weighted by Gasteiger charge is 2.39. The summed E-state index contributed by atoms with van der Waals surface area (Å²) in [5.74, 6) is -1.50. The Morgan fingerprint density at radius 2 is 1.97 bits per heavy atom. The van der Waals surface area contributed by atoms with Gasteiger partial charge in [0.1, 0.15) is 5.84 Å². The van der Waals surface area contributed by atoms with Gasteiger partial charge in [-0.1, -0.05) is 0 Å². The number of aliphatic hydroxyl groups excluding tert-OH is 1. The largest absolute Gasteiger partial charge is 0.384 e. The molecule has 0 bridgehead atoms. The molecule has 3 amide bonds. The second kappa shape index (κ2) is 8.40. The van der Waals surface area contributed by atoms with E-state index in [4.69, 9.17) is 15.9 Å². The third-order valence-corrected chi connectivity index (χ3v) is 5.53. The van der Waals surface area contributed by atoms with E-state index in [1.54, 1.807) is 54.4 Å². The Balaban J connectivity index is 1.47. The van der Waals surface area contributed by atoms with Gasteiger partial charge in [-0.2, -0.15) is 0 Å². The number of amides is 3. The molecule has 32 heavy (non-hydrogen) atoms. The van der Waals surface area contributed by atoms with Crippen LogP contribution in [-0.4, -0.2) is 66.0 Å². The molecule has 0 aliphatic carbocycles. The van der Waals surface area contributed by atoms with Crippen molar-refractivity contribution in [3.05, 3.63) is 59.2 Å². The Bertz CT molecular complexity index is 1100. The van der Waals surface area contributed by atoms with Crippen LogP contribution in [0.2, 0.25) is 0 Å². The average Bonchev–Trinajstić information content (AvgIpc) is 3.06. The molecular formula is C22H23N5O5. The van der Waals surface area contributed by atoms with Crippen LogP contribution in [-0.2, 0) is 20.9 Å². The monoisotopic (exact) mass is 437 g/mol. The SMILES string of the molecule is CN1Cc2cc(N3CCO[C@H](C(O)C(=O)Nc4ccc(C(=N)N)cc4)C3=O)ccc2C1=O. The number of amidine groups is 1. The summed E-state index contributed by atoms with van der Waals surface area (Å²) >= 11 is 0. The molecule has 4 rings (SSSR count). The van der Waals surface area contributed by atoms with Crippen LogP contribution in [0.5, 0.6) is 0 Å². The Hall–Kier alpha value is -3.76. The van der Waals surface area contributed by atoms with Gasteiger partial charge < -0.3 is 30.7 Å². The number of anilines is 2. The van der Waals surface area contributed by atoms with Gasteiger partial charge in [0, 0.05) is 42.6 Å². The standard InChI is InChI=1S/C22H23N5O5/c1-26-11-13-10-15(6-7-16(13)21(26)30)27-8-9-32-18(22(27)31)17(28)20(29)25-14-4-2-12(3-5-14)19(23)24/h2-7,10,17-18,28H,8-9,11H2,1H3,(H3,23,24)(H,25,29)/t17?,18-/m1/s1. The number of hydrogen-bond acceptors (Lipinski definition) is 6. The first kappa shape index (κ1) is 21.5. The maximum atomic E-state index is 13.0. The molecule has 2 aliphatic heterocycles. The lowest BCUT2D eigenvalue weighted by molar-refractivity contribution is -0.150. The third kappa shape index (κ3) is 3.93. The fourth-order valence-electron chi connectivity index (χ4n) is 3.80. The zero-order chi connectivity index (χ0) is 23.0. The molecule has 2 aromatic rings. The van der Waals surface area contributed by atoms with E-state index in [0.29, 0.717) is 29.0 Å². The molecule has 1 unspecified atom stereocenters. The van der Waals surface area contributed by atoms with Crippen molar-refractivity contribution in [3.8, 4) is 0 Å². The van der Waals surface area contributed by atoms with E-state index >= 15 is 0 Å². The minimum atomic E-state index is -1.72. The van der Waals surface area contributed by atoms with Gasteiger partial charge in [-0.25, -0.2) is 0 Å². The van der Waals surface area contributed by atoms with Crippen molar-refractivity contribution in [3.63, 3.8) is 0 Å². The van der Waals surface area contributed by atoms with Crippen LogP contribution in [0.1, 0.15) is 21.5 Å². The predicted molar refractivity (Wildman–Crippen MR) is 116 cm³/mol. The lowest BCUT2D eigenvalue weighted by atomic mass is 10.1. The number of nitrogens with two attached hydrogens (primary N) is 1. The van der Waals surface area contributed by atoms with Crippen LogP contribution in [0, 0.1) is 5.41 Å². The van der Waals surface area contributed by atoms with E-state index in [2.05, 4.69) is 5.32 Å². The minimum Gasteiger partial charge on any atom is -0.384 e. The number of rotatable bonds is 5. The molecule has 2 aliphatic rings. The molecule has 0 spiro atoms. The second-order valence-electron chi connectivity index (χ2n) is 7.71. The van der Waals surface area contributed by atoms with E-state index in [9.17, 15) is 19.5 Å². The van der Waals surface area contributed by atoms with Gasteiger partial charge in [-0.3, -0.25) is 19.8 Å². The number of hydrogen-bond donors (Lipinski definition) is 4. The van der Waals surface area contributed by atoms with Crippen LogP contribution in [0.4, 0.5) is 11.4 Å². The Labute approximate surface area is 184 Å². The average molecular weight is 437 g/mol. The number of nitrogens with one attached hydrogen (secondary N) is 2. The fraction of sp³-hybridized carbons (Fsp3) is 0.273. The highest BCUT2D eigenvalue weighted by atomic mass is 16.5. The summed E-state index contributed by atoms with van der Waals surface area (Å²) in [5, 5.41) is 20.4. The molecular weight excluding hydrogens is 414 g/mol. The molecule has 2 aromatic carbocycles. The summed E-state index contributed by atoms with van der Waals surface area (Å²) in [6, 6.07) is 11.3. The Morgan fingerprint density at radius 3 is 2.66 bits per heavy atom.